The summed E-state index contributed by atoms with van der Waals surface area (Å²) in [4.78, 5) is 0. The van der Waals surface area contributed by atoms with Crippen LogP contribution in [0.25, 0.3) is 0 Å². The Morgan fingerprint density at radius 2 is 2.15 bits per heavy atom. The lowest BCUT2D eigenvalue weighted by atomic mass is 10.2. The van der Waals surface area contributed by atoms with Crippen molar-refractivity contribution in [3.63, 3.8) is 0 Å². The average Bonchev–Trinajstić information content (AvgIpc) is 2.10. The van der Waals surface area contributed by atoms with Gasteiger partial charge in [-0.25, -0.2) is 0 Å². The van der Waals surface area contributed by atoms with E-state index < -0.39 is 0 Å². The fraction of sp³-hybridized carbons (Fsp3) is 0.364. The molecule has 0 heterocycles. The Bertz CT molecular complexity index is 262. The molecule has 0 N–H and O–H groups in total. The molecule has 70 valence electrons. The summed E-state index contributed by atoms with van der Waals surface area (Å²) in [5.41, 5.74) is 0.633. The number of hydrogen-bond donors (Lipinski definition) is 0. The smallest absolute Gasteiger partial charge is 0.0991 e. The van der Waals surface area contributed by atoms with Gasteiger partial charge in [0.1, 0.15) is 0 Å². The van der Waals surface area contributed by atoms with Crippen molar-refractivity contribution in [1.29, 1.82) is 5.26 Å². The van der Waals surface area contributed by atoms with Crippen LogP contribution in [0.2, 0.25) is 0 Å². The van der Waals surface area contributed by atoms with E-state index in [1.54, 1.807) is 19.1 Å². The van der Waals surface area contributed by atoms with E-state index in [1.165, 1.54) is 0 Å². The minimum Gasteiger partial charge on any atom is -0.192 e. The first kappa shape index (κ1) is 12.0. The molecular weight excluding hydrogens is 182 g/mol. The van der Waals surface area contributed by atoms with Crippen molar-refractivity contribution in [2.45, 2.75) is 26.7 Å². The second-order valence-electron chi connectivity index (χ2n) is 2.68. The van der Waals surface area contributed by atoms with Gasteiger partial charge < -0.3 is 0 Å². The largest absolute Gasteiger partial charge is 0.192 e. The summed E-state index contributed by atoms with van der Waals surface area (Å²) < 4.78 is 0. The Hall–Kier alpha value is -1.000. The predicted octanol–water partition coefficient (Wildman–Crippen LogP) is 3.94. The molecule has 0 aromatic carbocycles. The van der Waals surface area contributed by atoms with E-state index in [0.717, 1.165) is 12.8 Å². The fourth-order valence-electron chi connectivity index (χ4n) is 0.712. The lowest BCUT2D eigenvalue weighted by molar-refractivity contribution is 0.958. The average molecular weight is 196 g/mol. The minimum atomic E-state index is 0.633. The second kappa shape index (κ2) is 7.64. The van der Waals surface area contributed by atoms with Crippen LogP contribution in [0.5, 0.6) is 0 Å². The van der Waals surface area contributed by atoms with Gasteiger partial charge in [0.2, 0.25) is 0 Å². The molecule has 13 heavy (non-hydrogen) atoms. The van der Waals surface area contributed by atoms with Crippen LogP contribution in [0.1, 0.15) is 26.7 Å². The van der Waals surface area contributed by atoms with Crippen LogP contribution in [0.3, 0.4) is 0 Å². The van der Waals surface area contributed by atoms with Crippen molar-refractivity contribution in [2.75, 3.05) is 0 Å². The third-order valence-corrected chi connectivity index (χ3v) is 1.50. The van der Waals surface area contributed by atoms with Gasteiger partial charge in [0, 0.05) is 5.03 Å². The lowest BCUT2D eigenvalue weighted by Gasteiger charge is -1.86. The molecular formula is C11H14ClN. The van der Waals surface area contributed by atoms with Crippen LogP contribution in [-0.4, -0.2) is 0 Å². The number of allylic oxidation sites excluding steroid dienone is 6. The molecule has 0 aromatic rings. The summed E-state index contributed by atoms with van der Waals surface area (Å²) in [6.45, 7) is 3.88. The van der Waals surface area contributed by atoms with Gasteiger partial charge in [0.15, 0.2) is 0 Å². The zero-order valence-corrected chi connectivity index (χ0v) is 8.80. The van der Waals surface area contributed by atoms with E-state index in [-0.39, 0.29) is 0 Å². The molecule has 0 saturated carbocycles. The van der Waals surface area contributed by atoms with Crippen LogP contribution >= 0.6 is 11.6 Å². The Balaban J connectivity index is 4.28. The Kier molecular flexibility index (Phi) is 7.05. The summed E-state index contributed by atoms with van der Waals surface area (Å²) in [6, 6.07) is 2.09. The quantitative estimate of drug-likeness (QED) is 0.493. The van der Waals surface area contributed by atoms with Gasteiger partial charge in [-0.05, 0) is 31.6 Å². The molecule has 0 aliphatic rings. The molecule has 0 radical (unpaired) electrons. The maximum atomic E-state index is 8.70. The molecule has 0 unspecified atom stereocenters. The summed E-state index contributed by atoms with van der Waals surface area (Å²) in [5, 5.41) is 9.37. The van der Waals surface area contributed by atoms with Gasteiger partial charge in [-0.15, -0.1) is 0 Å². The Morgan fingerprint density at radius 3 is 2.62 bits per heavy atom. The van der Waals surface area contributed by atoms with Gasteiger partial charge >= 0.3 is 0 Å². The molecule has 0 bridgehead atoms. The molecule has 1 nitrogen and oxygen atoms in total. The number of unbranched alkanes of at least 4 members (excludes halogenated alkanes) is 1. The standard InChI is InChI=1S/C11H14ClN/c1-3-4-5-6-11(9-13)8-7-10(2)12/h5-8H,3-4H2,1-2H3/b6-5+,10-7+,11-8+. The van der Waals surface area contributed by atoms with Gasteiger partial charge in [-0.3, -0.25) is 0 Å². The summed E-state index contributed by atoms with van der Waals surface area (Å²) >= 11 is 5.62. The first-order valence-corrected chi connectivity index (χ1v) is 4.69. The Labute approximate surface area is 85.0 Å². The molecule has 0 aromatic heterocycles. The zero-order valence-electron chi connectivity index (χ0n) is 8.05. The first-order valence-electron chi connectivity index (χ1n) is 4.31. The van der Waals surface area contributed by atoms with E-state index >= 15 is 0 Å². The van der Waals surface area contributed by atoms with Gasteiger partial charge in [0.25, 0.3) is 0 Å². The third kappa shape index (κ3) is 7.36. The van der Waals surface area contributed by atoms with E-state index in [1.807, 2.05) is 12.2 Å². The van der Waals surface area contributed by atoms with E-state index in [0.29, 0.717) is 10.6 Å². The van der Waals surface area contributed by atoms with E-state index in [9.17, 15) is 0 Å². The highest BCUT2D eigenvalue weighted by molar-refractivity contribution is 6.29. The van der Waals surface area contributed by atoms with E-state index in [4.69, 9.17) is 16.9 Å². The highest BCUT2D eigenvalue weighted by atomic mass is 35.5. The number of nitrogens with zero attached hydrogens (tertiary/aromatic N) is 1. The highest BCUT2D eigenvalue weighted by Gasteiger charge is 1.85. The molecule has 0 aliphatic carbocycles. The predicted molar refractivity (Wildman–Crippen MR) is 57.4 cm³/mol. The summed E-state index contributed by atoms with van der Waals surface area (Å²) in [5.74, 6) is 0. The molecule has 0 amide bonds. The number of hydrogen-bond acceptors (Lipinski definition) is 1. The van der Waals surface area contributed by atoms with Crippen LogP contribution < -0.4 is 0 Å². The van der Waals surface area contributed by atoms with Crippen molar-refractivity contribution in [3.05, 3.63) is 34.9 Å². The SMILES string of the molecule is CCC/C=C/C(C#N)=C\C=C(/C)Cl. The summed E-state index contributed by atoms with van der Waals surface area (Å²) in [6.07, 6.45) is 9.35. The van der Waals surface area contributed by atoms with Crippen molar-refractivity contribution >= 4 is 11.6 Å². The van der Waals surface area contributed by atoms with Crippen molar-refractivity contribution in [1.82, 2.24) is 0 Å². The van der Waals surface area contributed by atoms with Crippen LogP contribution in [0, 0.1) is 11.3 Å². The normalized spacial score (nSPS) is 13.4. The number of halogens is 1. The van der Waals surface area contributed by atoms with Crippen LogP contribution in [0.4, 0.5) is 0 Å². The van der Waals surface area contributed by atoms with Crippen molar-refractivity contribution < 1.29 is 0 Å². The second-order valence-corrected chi connectivity index (χ2v) is 3.27. The molecule has 0 spiro atoms. The van der Waals surface area contributed by atoms with Gasteiger partial charge in [0.05, 0.1) is 11.6 Å². The lowest BCUT2D eigenvalue weighted by Crippen LogP contribution is -1.71. The molecule has 0 saturated heterocycles. The maximum Gasteiger partial charge on any atom is 0.0991 e. The number of nitriles is 1. The minimum absolute atomic E-state index is 0.633. The van der Waals surface area contributed by atoms with Crippen LogP contribution in [-0.2, 0) is 0 Å². The number of rotatable bonds is 4. The monoisotopic (exact) mass is 195 g/mol. The maximum absolute atomic E-state index is 8.70. The van der Waals surface area contributed by atoms with E-state index in [2.05, 4.69) is 13.0 Å². The molecule has 0 atom stereocenters. The Morgan fingerprint density at radius 1 is 1.46 bits per heavy atom. The van der Waals surface area contributed by atoms with Crippen molar-refractivity contribution in [2.24, 2.45) is 0 Å². The van der Waals surface area contributed by atoms with Gasteiger partial charge in [-0.2, -0.15) is 5.26 Å². The summed E-state index contributed by atoms with van der Waals surface area (Å²) in [7, 11) is 0. The van der Waals surface area contributed by atoms with Crippen molar-refractivity contribution in [3.8, 4) is 6.07 Å². The molecule has 0 aliphatic heterocycles. The van der Waals surface area contributed by atoms with Crippen LogP contribution in [0.15, 0.2) is 34.9 Å². The van der Waals surface area contributed by atoms with Gasteiger partial charge in [-0.1, -0.05) is 31.0 Å². The molecule has 2 heteroatoms. The zero-order chi connectivity index (χ0) is 10.1. The first-order chi connectivity index (χ1) is 6.20. The highest BCUT2D eigenvalue weighted by Crippen LogP contribution is 2.03. The topological polar surface area (TPSA) is 23.8 Å². The molecule has 0 fully saturated rings. The molecule has 0 rings (SSSR count). The third-order valence-electron chi connectivity index (χ3n) is 1.37. The fourth-order valence-corrected chi connectivity index (χ4v) is 0.775.